The molecule has 0 aromatic carbocycles. The number of rotatable bonds is 3. The van der Waals surface area contributed by atoms with E-state index < -0.39 is 5.97 Å². The number of nitrogens with zero attached hydrogens (tertiary/aromatic N) is 3. The molecule has 4 rings (SSSR count). The number of carbonyl (C=O) groups excluding carboxylic acids is 1. The molecule has 0 radical (unpaired) electrons. The van der Waals surface area contributed by atoms with Gasteiger partial charge in [0, 0.05) is 31.9 Å². The molecule has 1 amide bonds. The van der Waals surface area contributed by atoms with Crippen molar-refractivity contribution < 1.29 is 14.7 Å². The summed E-state index contributed by atoms with van der Waals surface area (Å²) in [6.07, 6.45) is 3.65. The van der Waals surface area contributed by atoms with Gasteiger partial charge in [-0.15, -0.1) is 0 Å². The van der Waals surface area contributed by atoms with Gasteiger partial charge in [0.1, 0.15) is 5.69 Å². The van der Waals surface area contributed by atoms with Crippen LogP contribution in [0.25, 0.3) is 0 Å². The second kappa shape index (κ2) is 5.81. The quantitative estimate of drug-likeness (QED) is 0.887. The summed E-state index contributed by atoms with van der Waals surface area (Å²) in [5.41, 5.74) is 0.462. The topological polar surface area (TPSA) is 73.7 Å². The van der Waals surface area contributed by atoms with Gasteiger partial charge in [-0.05, 0) is 30.9 Å². The van der Waals surface area contributed by atoms with E-state index >= 15 is 0 Å². The number of carboxylic acids is 1. The SMILES string of the molecule is O=C(O)CN1C[C@H]2CC[C@@H]1CN(C(=O)c1ccccn1)C2. The molecular formula is C15H19N3O3. The maximum absolute atomic E-state index is 12.5. The van der Waals surface area contributed by atoms with Crippen molar-refractivity contribution in [2.24, 2.45) is 5.92 Å². The van der Waals surface area contributed by atoms with E-state index in [4.69, 9.17) is 5.11 Å². The first-order chi connectivity index (χ1) is 10.1. The van der Waals surface area contributed by atoms with Crippen molar-refractivity contribution in [3.63, 3.8) is 0 Å². The third kappa shape index (κ3) is 3.05. The Labute approximate surface area is 123 Å². The monoisotopic (exact) mass is 289 g/mol. The lowest BCUT2D eigenvalue weighted by Crippen LogP contribution is -2.46. The van der Waals surface area contributed by atoms with Gasteiger partial charge in [0.25, 0.3) is 5.91 Å². The van der Waals surface area contributed by atoms with E-state index in [1.807, 2.05) is 15.9 Å². The van der Waals surface area contributed by atoms with Crippen LogP contribution in [0.5, 0.6) is 0 Å². The summed E-state index contributed by atoms with van der Waals surface area (Å²) in [5, 5.41) is 9.01. The molecule has 1 aromatic rings. The number of fused-ring (bicyclic) bond motifs is 4. The van der Waals surface area contributed by atoms with Crippen molar-refractivity contribution >= 4 is 11.9 Å². The number of amides is 1. The standard InChI is InChI=1S/C15H19N3O3/c19-14(20)10-17-7-11-4-5-12(17)9-18(8-11)15(21)13-3-1-2-6-16-13/h1-3,6,11-12H,4-5,7-10H2,(H,19,20)/t11-,12-/m1/s1. The van der Waals surface area contributed by atoms with Crippen LogP contribution in [0.4, 0.5) is 0 Å². The summed E-state index contributed by atoms with van der Waals surface area (Å²) in [5.74, 6) is -0.495. The third-order valence-electron chi connectivity index (χ3n) is 4.34. The fourth-order valence-corrected chi connectivity index (χ4v) is 3.36. The van der Waals surface area contributed by atoms with E-state index in [-0.39, 0.29) is 18.5 Å². The molecule has 21 heavy (non-hydrogen) atoms. The van der Waals surface area contributed by atoms with Crippen LogP contribution in [-0.2, 0) is 4.79 Å². The number of piperidine rings is 1. The normalized spacial score (nSPS) is 25.6. The van der Waals surface area contributed by atoms with Gasteiger partial charge in [-0.25, -0.2) is 0 Å². The Morgan fingerprint density at radius 3 is 2.81 bits per heavy atom. The zero-order chi connectivity index (χ0) is 14.8. The van der Waals surface area contributed by atoms with E-state index in [0.717, 1.165) is 19.4 Å². The third-order valence-corrected chi connectivity index (χ3v) is 4.34. The lowest BCUT2D eigenvalue weighted by atomic mass is 9.95. The molecule has 0 saturated carbocycles. The van der Waals surface area contributed by atoms with Gasteiger partial charge in [0.05, 0.1) is 6.54 Å². The van der Waals surface area contributed by atoms with Gasteiger partial charge < -0.3 is 10.0 Å². The number of hydrogen-bond donors (Lipinski definition) is 1. The maximum Gasteiger partial charge on any atom is 0.317 e. The molecule has 3 aliphatic heterocycles. The van der Waals surface area contributed by atoms with E-state index in [0.29, 0.717) is 24.7 Å². The minimum atomic E-state index is -0.801. The first kappa shape index (κ1) is 14.0. The summed E-state index contributed by atoms with van der Waals surface area (Å²) in [7, 11) is 0. The van der Waals surface area contributed by atoms with Crippen LogP contribution in [0.3, 0.4) is 0 Å². The number of carbonyl (C=O) groups is 2. The predicted molar refractivity (Wildman–Crippen MR) is 75.9 cm³/mol. The number of aromatic nitrogens is 1. The largest absolute Gasteiger partial charge is 0.480 e. The van der Waals surface area contributed by atoms with Gasteiger partial charge >= 0.3 is 5.97 Å². The maximum atomic E-state index is 12.5. The van der Waals surface area contributed by atoms with Gasteiger partial charge in [-0.3, -0.25) is 19.5 Å². The summed E-state index contributed by atoms with van der Waals surface area (Å²) in [4.78, 5) is 31.5. The molecule has 0 unspecified atom stereocenters. The number of carboxylic acid groups (broad SMARTS) is 1. The number of pyridine rings is 1. The molecule has 2 atom stereocenters. The van der Waals surface area contributed by atoms with Crippen molar-refractivity contribution in [1.82, 2.24) is 14.8 Å². The summed E-state index contributed by atoms with van der Waals surface area (Å²) >= 11 is 0. The Balaban J connectivity index is 1.75. The highest BCUT2D eigenvalue weighted by Crippen LogP contribution is 2.28. The molecule has 3 saturated heterocycles. The van der Waals surface area contributed by atoms with Crippen LogP contribution in [0, 0.1) is 5.92 Å². The molecule has 3 fully saturated rings. The molecule has 3 aliphatic rings. The van der Waals surface area contributed by atoms with Crippen LogP contribution < -0.4 is 0 Å². The van der Waals surface area contributed by atoms with Gasteiger partial charge in [-0.2, -0.15) is 0 Å². The summed E-state index contributed by atoms with van der Waals surface area (Å²) in [6.45, 7) is 2.12. The van der Waals surface area contributed by atoms with E-state index in [2.05, 4.69) is 4.98 Å². The Hall–Kier alpha value is -1.95. The van der Waals surface area contributed by atoms with Gasteiger partial charge in [0.15, 0.2) is 0 Å². The minimum Gasteiger partial charge on any atom is -0.480 e. The van der Waals surface area contributed by atoms with Crippen molar-refractivity contribution in [3.8, 4) is 0 Å². The zero-order valence-electron chi connectivity index (χ0n) is 11.8. The molecule has 0 aliphatic carbocycles. The van der Waals surface area contributed by atoms with Crippen molar-refractivity contribution in [2.45, 2.75) is 18.9 Å². The number of hydrogen-bond acceptors (Lipinski definition) is 4. The molecule has 6 heteroatoms. The van der Waals surface area contributed by atoms with Crippen LogP contribution >= 0.6 is 0 Å². The molecule has 112 valence electrons. The Morgan fingerprint density at radius 2 is 2.10 bits per heavy atom. The average Bonchev–Trinajstić information content (AvgIpc) is 2.78. The second-order valence-electron chi connectivity index (χ2n) is 5.85. The lowest BCUT2D eigenvalue weighted by Gasteiger charge is -2.34. The smallest absolute Gasteiger partial charge is 0.317 e. The average molecular weight is 289 g/mol. The van der Waals surface area contributed by atoms with Crippen LogP contribution in [0.2, 0.25) is 0 Å². The fraction of sp³-hybridized carbons (Fsp3) is 0.533. The highest BCUT2D eigenvalue weighted by Gasteiger charge is 2.37. The fourth-order valence-electron chi connectivity index (χ4n) is 3.36. The molecule has 1 aromatic heterocycles. The van der Waals surface area contributed by atoms with E-state index in [9.17, 15) is 9.59 Å². The number of aliphatic carboxylic acids is 1. The minimum absolute atomic E-state index is 0.0512. The first-order valence-electron chi connectivity index (χ1n) is 7.29. The molecule has 2 bridgehead atoms. The zero-order valence-corrected chi connectivity index (χ0v) is 11.8. The van der Waals surface area contributed by atoms with Gasteiger partial charge in [-0.1, -0.05) is 6.07 Å². The van der Waals surface area contributed by atoms with Crippen molar-refractivity contribution in [1.29, 1.82) is 0 Å². The van der Waals surface area contributed by atoms with E-state index in [1.165, 1.54) is 0 Å². The Kier molecular flexibility index (Phi) is 3.88. The van der Waals surface area contributed by atoms with Gasteiger partial charge in [0.2, 0.25) is 0 Å². The first-order valence-corrected chi connectivity index (χ1v) is 7.29. The molecule has 6 nitrogen and oxygen atoms in total. The molecule has 1 N–H and O–H groups in total. The molecule has 0 spiro atoms. The lowest BCUT2D eigenvalue weighted by molar-refractivity contribution is -0.139. The molecule has 4 heterocycles. The Bertz CT molecular complexity index is 534. The van der Waals surface area contributed by atoms with Crippen LogP contribution in [-0.4, -0.2) is 64.0 Å². The summed E-state index contributed by atoms with van der Waals surface area (Å²) in [6, 6.07) is 5.47. The van der Waals surface area contributed by atoms with Crippen LogP contribution in [0.1, 0.15) is 23.3 Å². The van der Waals surface area contributed by atoms with Crippen molar-refractivity contribution in [3.05, 3.63) is 30.1 Å². The van der Waals surface area contributed by atoms with Crippen molar-refractivity contribution in [2.75, 3.05) is 26.2 Å². The summed E-state index contributed by atoms with van der Waals surface area (Å²) < 4.78 is 0. The van der Waals surface area contributed by atoms with E-state index in [1.54, 1.807) is 18.3 Å². The highest BCUT2D eigenvalue weighted by atomic mass is 16.4. The van der Waals surface area contributed by atoms with Crippen LogP contribution in [0.15, 0.2) is 24.4 Å². The second-order valence-corrected chi connectivity index (χ2v) is 5.85. The highest BCUT2D eigenvalue weighted by molar-refractivity contribution is 5.92. The Morgan fingerprint density at radius 1 is 1.24 bits per heavy atom. The molecular weight excluding hydrogens is 270 g/mol. The predicted octanol–water partition coefficient (Wildman–Crippen LogP) is 0.703.